The molecule has 2 heteroatoms. The summed E-state index contributed by atoms with van der Waals surface area (Å²) in [5.74, 6) is 0.182. The molecule has 0 aromatic heterocycles. The van der Waals surface area contributed by atoms with E-state index in [1.807, 2.05) is 24.0 Å². The molecule has 1 aromatic rings. The molecule has 17 heavy (non-hydrogen) atoms. The van der Waals surface area contributed by atoms with Crippen molar-refractivity contribution >= 4 is 5.91 Å². The fraction of sp³-hybridized carbons (Fsp3) is 0.400. The van der Waals surface area contributed by atoms with Gasteiger partial charge in [0.05, 0.1) is 0 Å². The summed E-state index contributed by atoms with van der Waals surface area (Å²) < 4.78 is 0. The molecule has 1 amide bonds. The Kier molecular flexibility index (Phi) is 3.62. The van der Waals surface area contributed by atoms with E-state index in [4.69, 9.17) is 0 Å². The summed E-state index contributed by atoms with van der Waals surface area (Å²) in [7, 11) is 0. The highest BCUT2D eigenvalue weighted by Gasteiger charge is 2.20. The van der Waals surface area contributed by atoms with E-state index in [-0.39, 0.29) is 5.91 Å². The summed E-state index contributed by atoms with van der Waals surface area (Å²) in [5.41, 5.74) is 3.54. The van der Waals surface area contributed by atoms with Crippen molar-refractivity contribution in [3.05, 3.63) is 47.0 Å². The molecule has 0 fully saturated rings. The summed E-state index contributed by atoms with van der Waals surface area (Å²) >= 11 is 0. The van der Waals surface area contributed by atoms with Crippen molar-refractivity contribution < 1.29 is 4.79 Å². The second kappa shape index (κ2) is 5.17. The number of carbonyl (C=O) groups is 1. The van der Waals surface area contributed by atoms with Crippen LogP contribution in [0.2, 0.25) is 0 Å². The van der Waals surface area contributed by atoms with Crippen molar-refractivity contribution in [3.8, 4) is 0 Å². The summed E-state index contributed by atoms with van der Waals surface area (Å²) in [6, 6.07) is 8.39. The maximum absolute atomic E-state index is 12.2. The van der Waals surface area contributed by atoms with Gasteiger partial charge in [0, 0.05) is 18.7 Å². The van der Waals surface area contributed by atoms with E-state index in [9.17, 15) is 4.79 Å². The Morgan fingerprint density at radius 3 is 2.76 bits per heavy atom. The molecule has 1 heterocycles. The highest BCUT2D eigenvalue weighted by Crippen LogP contribution is 2.19. The van der Waals surface area contributed by atoms with E-state index in [0.717, 1.165) is 31.5 Å². The Morgan fingerprint density at radius 2 is 2.06 bits per heavy atom. The average Bonchev–Trinajstić information content (AvgIpc) is 2.37. The first kappa shape index (κ1) is 11.9. The Morgan fingerprint density at radius 1 is 1.35 bits per heavy atom. The number of amides is 1. The third kappa shape index (κ3) is 2.57. The molecule has 0 radical (unpaired) electrons. The van der Waals surface area contributed by atoms with Crippen LogP contribution in [-0.4, -0.2) is 17.4 Å². The predicted octanol–water partition coefficient (Wildman–Crippen LogP) is 2.93. The number of carbonyl (C=O) groups excluding carboxylic acids is 1. The van der Waals surface area contributed by atoms with Crippen molar-refractivity contribution in [1.29, 1.82) is 0 Å². The fourth-order valence-electron chi connectivity index (χ4n) is 2.31. The molecular weight excluding hydrogens is 210 g/mol. The van der Waals surface area contributed by atoms with Gasteiger partial charge < -0.3 is 4.90 Å². The van der Waals surface area contributed by atoms with Gasteiger partial charge in [-0.2, -0.15) is 0 Å². The maximum atomic E-state index is 12.2. The summed E-state index contributed by atoms with van der Waals surface area (Å²) in [5, 5.41) is 0. The topological polar surface area (TPSA) is 20.3 Å². The van der Waals surface area contributed by atoms with Crippen molar-refractivity contribution in [1.82, 2.24) is 4.90 Å². The molecule has 0 spiro atoms. The molecular formula is C15H19NO. The SMILES string of the molecule is CC/C=C(\C)C(=O)N1CCc2ccccc2C1. The standard InChI is InChI=1S/C15H19NO/c1-3-6-12(2)15(17)16-10-9-13-7-4-5-8-14(13)11-16/h4-8H,3,9-11H2,1-2H3/b12-6+. The Balaban J connectivity index is 2.13. The smallest absolute Gasteiger partial charge is 0.249 e. The van der Waals surface area contributed by atoms with Gasteiger partial charge >= 0.3 is 0 Å². The van der Waals surface area contributed by atoms with Gasteiger partial charge in [-0.3, -0.25) is 4.79 Å². The first-order valence-corrected chi connectivity index (χ1v) is 6.25. The zero-order chi connectivity index (χ0) is 12.3. The number of allylic oxidation sites excluding steroid dienone is 1. The molecule has 2 rings (SSSR count). The quantitative estimate of drug-likeness (QED) is 0.714. The second-order valence-corrected chi connectivity index (χ2v) is 4.54. The van der Waals surface area contributed by atoms with E-state index < -0.39 is 0 Å². The first-order valence-electron chi connectivity index (χ1n) is 6.25. The molecule has 0 atom stereocenters. The van der Waals surface area contributed by atoms with E-state index >= 15 is 0 Å². The van der Waals surface area contributed by atoms with Crippen molar-refractivity contribution in [2.45, 2.75) is 33.2 Å². The zero-order valence-electron chi connectivity index (χ0n) is 10.6. The first-order chi connectivity index (χ1) is 8.22. The molecule has 1 aliphatic rings. The van der Waals surface area contributed by atoms with Gasteiger partial charge in [-0.1, -0.05) is 37.3 Å². The lowest BCUT2D eigenvalue weighted by atomic mass is 9.99. The largest absolute Gasteiger partial charge is 0.334 e. The minimum Gasteiger partial charge on any atom is -0.334 e. The lowest BCUT2D eigenvalue weighted by Crippen LogP contribution is -2.36. The molecule has 2 nitrogen and oxygen atoms in total. The average molecular weight is 229 g/mol. The Hall–Kier alpha value is -1.57. The minimum absolute atomic E-state index is 0.182. The number of hydrogen-bond acceptors (Lipinski definition) is 1. The molecule has 0 unspecified atom stereocenters. The van der Waals surface area contributed by atoms with Gasteiger partial charge in [0.2, 0.25) is 5.91 Å². The maximum Gasteiger partial charge on any atom is 0.249 e. The molecule has 0 saturated carbocycles. The van der Waals surface area contributed by atoms with E-state index in [2.05, 4.69) is 25.1 Å². The van der Waals surface area contributed by atoms with Gasteiger partial charge in [-0.15, -0.1) is 0 Å². The number of rotatable bonds is 2. The molecule has 0 aliphatic carbocycles. The van der Waals surface area contributed by atoms with Crippen LogP contribution < -0.4 is 0 Å². The van der Waals surface area contributed by atoms with Crippen LogP contribution >= 0.6 is 0 Å². The van der Waals surface area contributed by atoms with Gasteiger partial charge in [-0.25, -0.2) is 0 Å². The normalized spacial score (nSPS) is 15.6. The van der Waals surface area contributed by atoms with Gasteiger partial charge in [0.15, 0.2) is 0 Å². The van der Waals surface area contributed by atoms with Gasteiger partial charge in [-0.05, 0) is 30.9 Å². The molecule has 90 valence electrons. The lowest BCUT2D eigenvalue weighted by Gasteiger charge is -2.29. The van der Waals surface area contributed by atoms with Crippen LogP contribution in [0.15, 0.2) is 35.9 Å². The second-order valence-electron chi connectivity index (χ2n) is 4.54. The third-order valence-corrected chi connectivity index (χ3v) is 3.27. The molecule has 1 aliphatic heterocycles. The van der Waals surface area contributed by atoms with Crippen LogP contribution in [0.25, 0.3) is 0 Å². The van der Waals surface area contributed by atoms with Gasteiger partial charge in [0.25, 0.3) is 0 Å². The summed E-state index contributed by atoms with van der Waals surface area (Å²) in [6.07, 6.45) is 3.90. The van der Waals surface area contributed by atoms with E-state index in [1.54, 1.807) is 0 Å². The third-order valence-electron chi connectivity index (χ3n) is 3.27. The lowest BCUT2D eigenvalue weighted by molar-refractivity contribution is -0.128. The number of nitrogens with zero attached hydrogens (tertiary/aromatic N) is 1. The Labute approximate surface area is 103 Å². The monoisotopic (exact) mass is 229 g/mol. The van der Waals surface area contributed by atoms with Crippen LogP contribution in [0.4, 0.5) is 0 Å². The highest BCUT2D eigenvalue weighted by molar-refractivity contribution is 5.92. The molecule has 1 aromatic carbocycles. The number of fused-ring (bicyclic) bond motifs is 1. The van der Waals surface area contributed by atoms with E-state index in [0.29, 0.717) is 0 Å². The fourth-order valence-corrected chi connectivity index (χ4v) is 2.31. The van der Waals surface area contributed by atoms with Crippen molar-refractivity contribution in [2.24, 2.45) is 0 Å². The summed E-state index contributed by atoms with van der Waals surface area (Å²) in [6.45, 7) is 5.56. The minimum atomic E-state index is 0.182. The number of hydrogen-bond donors (Lipinski definition) is 0. The van der Waals surface area contributed by atoms with Gasteiger partial charge in [0.1, 0.15) is 0 Å². The number of benzene rings is 1. The zero-order valence-corrected chi connectivity index (χ0v) is 10.6. The van der Waals surface area contributed by atoms with Crippen LogP contribution in [0.1, 0.15) is 31.4 Å². The molecule has 0 saturated heterocycles. The Bertz CT molecular complexity index is 448. The molecule has 0 bridgehead atoms. The van der Waals surface area contributed by atoms with Crippen LogP contribution in [-0.2, 0) is 17.8 Å². The van der Waals surface area contributed by atoms with Crippen molar-refractivity contribution in [3.63, 3.8) is 0 Å². The summed E-state index contributed by atoms with van der Waals surface area (Å²) in [4.78, 5) is 14.1. The van der Waals surface area contributed by atoms with Crippen molar-refractivity contribution in [2.75, 3.05) is 6.54 Å². The molecule has 0 N–H and O–H groups in total. The van der Waals surface area contributed by atoms with Crippen LogP contribution in [0, 0.1) is 0 Å². The van der Waals surface area contributed by atoms with Crippen LogP contribution in [0.3, 0.4) is 0 Å². The van der Waals surface area contributed by atoms with E-state index in [1.165, 1.54) is 11.1 Å². The predicted molar refractivity (Wildman–Crippen MR) is 69.6 cm³/mol. The highest BCUT2D eigenvalue weighted by atomic mass is 16.2. The van der Waals surface area contributed by atoms with Crippen LogP contribution in [0.5, 0.6) is 0 Å².